The van der Waals surface area contributed by atoms with E-state index in [9.17, 15) is 9.59 Å². The van der Waals surface area contributed by atoms with Crippen LogP contribution in [0.2, 0.25) is 0 Å². The summed E-state index contributed by atoms with van der Waals surface area (Å²) in [6, 6.07) is 9.81. The minimum atomic E-state index is -0.239. The molecule has 0 radical (unpaired) electrons. The molecule has 0 unspecified atom stereocenters. The van der Waals surface area contributed by atoms with E-state index in [2.05, 4.69) is 5.32 Å². The molecule has 23 heavy (non-hydrogen) atoms. The molecule has 0 saturated carbocycles. The lowest BCUT2D eigenvalue weighted by Gasteiger charge is -2.31. The first-order valence-electron chi connectivity index (χ1n) is 7.79. The van der Waals surface area contributed by atoms with Crippen LogP contribution in [0.5, 0.6) is 0 Å². The van der Waals surface area contributed by atoms with Gasteiger partial charge >= 0.3 is 0 Å². The average Bonchev–Trinajstić information content (AvgIpc) is 2.55. The zero-order valence-corrected chi connectivity index (χ0v) is 13.3. The smallest absolute Gasteiger partial charge is 0.246 e. The Morgan fingerprint density at radius 2 is 2.04 bits per heavy atom. The summed E-state index contributed by atoms with van der Waals surface area (Å²) in [4.78, 5) is 25.4. The molecule has 5 heteroatoms. The Morgan fingerprint density at radius 3 is 2.70 bits per heavy atom. The topological polar surface area (TPSA) is 73.2 Å². The van der Waals surface area contributed by atoms with Crippen LogP contribution in [0.4, 0.5) is 0 Å². The van der Waals surface area contributed by atoms with E-state index in [1.54, 1.807) is 11.0 Å². The Kier molecular flexibility index (Phi) is 5.93. The molecule has 1 aliphatic heterocycles. The van der Waals surface area contributed by atoms with Crippen LogP contribution in [0.15, 0.2) is 30.3 Å². The van der Waals surface area contributed by atoms with E-state index in [0.29, 0.717) is 13.1 Å². The lowest BCUT2D eigenvalue weighted by Crippen LogP contribution is -2.46. The molecule has 2 rings (SSSR count). The van der Waals surface area contributed by atoms with Gasteiger partial charge in [-0.25, -0.2) is 0 Å². The van der Waals surface area contributed by atoms with Crippen LogP contribution in [0.3, 0.4) is 0 Å². The maximum Gasteiger partial charge on any atom is 0.246 e. The third kappa shape index (κ3) is 4.96. The van der Waals surface area contributed by atoms with E-state index in [1.165, 1.54) is 0 Å². The number of benzene rings is 1. The minimum Gasteiger partial charge on any atom is -0.352 e. The molecule has 120 valence electrons. The van der Waals surface area contributed by atoms with Crippen molar-refractivity contribution in [1.29, 1.82) is 5.26 Å². The van der Waals surface area contributed by atoms with Crippen LogP contribution >= 0.6 is 0 Å². The van der Waals surface area contributed by atoms with E-state index in [0.717, 1.165) is 24.0 Å². The maximum absolute atomic E-state index is 12.2. The van der Waals surface area contributed by atoms with Crippen LogP contribution < -0.4 is 5.32 Å². The summed E-state index contributed by atoms with van der Waals surface area (Å²) in [6.07, 6.45) is 4.79. The third-order valence-corrected chi connectivity index (χ3v) is 4.01. The Bertz CT molecular complexity index is 638. The van der Waals surface area contributed by atoms with Gasteiger partial charge in [0.25, 0.3) is 0 Å². The molecule has 0 bridgehead atoms. The highest BCUT2D eigenvalue weighted by atomic mass is 16.2. The molecule has 0 aliphatic carbocycles. The van der Waals surface area contributed by atoms with Gasteiger partial charge in [0.1, 0.15) is 6.42 Å². The molecule has 1 N–H and O–H groups in total. The van der Waals surface area contributed by atoms with Gasteiger partial charge in [-0.15, -0.1) is 0 Å². The van der Waals surface area contributed by atoms with Gasteiger partial charge in [0, 0.05) is 25.2 Å². The lowest BCUT2D eigenvalue weighted by molar-refractivity contribution is -0.127. The van der Waals surface area contributed by atoms with E-state index in [-0.39, 0.29) is 24.3 Å². The predicted molar refractivity (Wildman–Crippen MR) is 88.2 cm³/mol. The van der Waals surface area contributed by atoms with E-state index in [1.807, 2.05) is 43.3 Å². The Hall–Kier alpha value is -2.61. The molecule has 5 nitrogen and oxygen atoms in total. The quantitative estimate of drug-likeness (QED) is 0.865. The van der Waals surface area contributed by atoms with Crippen LogP contribution in [-0.4, -0.2) is 35.8 Å². The molecular weight excluding hydrogens is 290 g/mol. The zero-order valence-electron chi connectivity index (χ0n) is 13.3. The second kappa shape index (κ2) is 8.14. The van der Waals surface area contributed by atoms with Gasteiger partial charge in [-0.05, 0) is 37.0 Å². The number of piperidine rings is 1. The first kappa shape index (κ1) is 16.8. The van der Waals surface area contributed by atoms with Gasteiger partial charge in [0.15, 0.2) is 0 Å². The maximum atomic E-state index is 12.2. The van der Waals surface area contributed by atoms with Gasteiger partial charge in [-0.3, -0.25) is 9.59 Å². The Balaban J connectivity index is 1.83. The van der Waals surface area contributed by atoms with Crippen molar-refractivity contribution in [1.82, 2.24) is 10.2 Å². The molecule has 1 heterocycles. The van der Waals surface area contributed by atoms with E-state index in [4.69, 9.17) is 5.26 Å². The summed E-state index contributed by atoms with van der Waals surface area (Å²) in [6.45, 7) is 3.25. The number of aryl methyl sites for hydroxylation is 1. The first-order chi connectivity index (χ1) is 11.1. The molecule has 1 aliphatic rings. The summed E-state index contributed by atoms with van der Waals surface area (Å²) >= 11 is 0. The lowest BCUT2D eigenvalue weighted by atomic mass is 10.0. The second-order valence-electron chi connectivity index (χ2n) is 5.69. The van der Waals surface area contributed by atoms with Crippen molar-refractivity contribution in [3.8, 4) is 6.07 Å². The van der Waals surface area contributed by atoms with E-state index < -0.39 is 0 Å². The summed E-state index contributed by atoms with van der Waals surface area (Å²) in [5.41, 5.74) is 2.18. The molecule has 1 aromatic carbocycles. The van der Waals surface area contributed by atoms with Crippen molar-refractivity contribution >= 4 is 17.9 Å². The van der Waals surface area contributed by atoms with Gasteiger partial charge in [0.05, 0.1) is 6.07 Å². The molecule has 2 amide bonds. The van der Waals surface area contributed by atoms with Crippen LogP contribution in [0.1, 0.15) is 30.4 Å². The summed E-state index contributed by atoms with van der Waals surface area (Å²) in [7, 11) is 0. The summed E-state index contributed by atoms with van der Waals surface area (Å²) < 4.78 is 0. The number of nitriles is 1. The van der Waals surface area contributed by atoms with Crippen LogP contribution in [0, 0.1) is 18.3 Å². The van der Waals surface area contributed by atoms with Crippen LogP contribution in [-0.2, 0) is 9.59 Å². The van der Waals surface area contributed by atoms with Gasteiger partial charge in [0.2, 0.25) is 11.8 Å². The fourth-order valence-electron chi connectivity index (χ4n) is 2.63. The van der Waals surface area contributed by atoms with E-state index >= 15 is 0 Å². The normalized spacial score (nSPS) is 15.4. The van der Waals surface area contributed by atoms with Gasteiger partial charge in [-0.2, -0.15) is 5.26 Å². The second-order valence-corrected chi connectivity index (χ2v) is 5.69. The van der Waals surface area contributed by atoms with Gasteiger partial charge < -0.3 is 10.2 Å². The molecule has 1 fully saturated rings. The number of carbonyl (C=O) groups excluding carboxylic acids is 2. The number of rotatable bonds is 4. The Morgan fingerprint density at radius 1 is 1.35 bits per heavy atom. The highest BCUT2D eigenvalue weighted by Gasteiger charge is 2.22. The van der Waals surface area contributed by atoms with Crippen LogP contribution in [0.25, 0.3) is 6.08 Å². The largest absolute Gasteiger partial charge is 0.352 e. The number of likely N-dealkylation sites (tertiary alicyclic amines) is 1. The predicted octanol–water partition coefficient (Wildman–Crippen LogP) is 2.03. The standard InChI is InChI=1S/C18H21N3O2/c1-14-4-2-3-5-15(14)6-7-18(23)21-12-9-16(10-13-21)20-17(22)8-11-19/h2-7,16H,8-10,12-13H2,1H3,(H,20,22)/b7-6+. The average molecular weight is 311 g/mol. The summed E-state index contributed by atoms with van der Waals surface area (Å²) in [5, 5.41) is 11.3. The fraction of sp³-hybridized carbons (Fsp3) is 0.389. The van der Waals surface area contributed by atoms with Crippen molar-refractivity contribution in [2.45, 2.75) is 32.2 Å². The highest BCUT2D eigenvalue weighted by molar-refractivity contribution is 5.92. The number of carbonyl (C=O) groups is 2. The minimum absolute atomic E-state index is 0.00458. The fourth-order valence-corrected chi connectivity index (χ4v) is 2.63. The number of nitrogens with zero attached hydrogens (tertiary/aromatic N) is 2. The molecular formula is C18H21N3O2. The third-order valence-electron chi connectivity index (χ3n) is 4.01. The van der Waals surface area contributed by atoms with Crippen molar-refractivity contribution in [2.24, 2.45) is 0 Å². The van der Waals surface area contributed by atoms with Crippen molar-refractivity contribution in [2.75, 3.05) is 13.1 Å². The monoisotopic (exact) mass is 311 g/mol. The highest BCUT2D eigenvalue weighted by Crippen LogP contribution is 2.13. The van der Waals surface area contributed by atoms with Gasteiger partial charge in [-0.1, -0.05) is 24.3 Å². The molecule has 0 spiro atoms. The number of hydrogen-bond acceptors (Lipinski definition) is 3. The molecule has 0 aromatic heterocycles. The Labute approximate surface area is 136 Å². The van der Waals surface area contributed by atoms with Crippen molar-refractivity contribution in [3.05, 3.63) is 41.5 Å². The number of hydrogen-bond donors (Lipinski definition) is 1. The van der Waals surface area contributed by atoms with Crippen molar-refractivity contribution in [3.63, 3.8) is 0 Å². The number of nitrogens with one attached hydrogen (secondary N) is 1. The zero-order chi connectivity index (χ0) is 16.7. The summed E-state index contributed by atoms with van der Waals surface area (Å²) in [5.74, 6) is -0.244. The SMILES string of the molecule is Cc1ccccc1/C=C/C(=O)N1CCC(NC(=O)CC#N)CC1. The van der Waals surface area contributed by atoms with Crippen molar-refractivity contribution < 1.29 is 9.59 Å². The molecule has 1 saturated heterocycles. The number of amides is 2. The molecule has 0 atom stereocenters. The first-order valence-corrected chi connectivity index (χ1v) is 7.79. The molecule has 1 aromatic rings.